The molecule has 1 aromatic carbocycles. The first-order chi connectivity index (χ1) is 12.1. The third-order valence-electron chi connectivity index (χ3n) is 5.15. The van der Waals surface area contributed by atoms with Crippen LogP contribution >= 0.6 is 11.3 Å². The van der Waals surface area contributed by atoms with Crippen molar-refractivity contribution in [2.24, 2.45) is 0 Å². The van der Waals surface area contributed by atoms with E-state index in [1.807, 2.05) is 0 Å². The van der Waals surface area contributed by atoms with Crippen molar-refractivity contribution >= 4 is 11.3 Å². The summed E-state index contributed by atoms with van der Waals surface area (Å²) in [5.41, 5.74) is 3.87. The fourth-order valence-electron chi connectivity index (χ4n) is 3.57. The standard InChI is InChI=1S/C22H32N2OS/c1-21(2,3)15-11-14(12-16(19(15)25)22(4,5)6)18-13-26-20(24-18)17-9-7-8-10-23-17/h11-13,17,23,25H,7-10H2,1-6H3. The molecule has 1 aliphatic rings. The van der Waals surface area contributed by atoms with E-state index in [0.717, 1.165) is 28.9 Å². The number of piperidine rings is 1. The number of phenolic OH excluding ortho intramolecular Hbond substituents is 1. The van der Waals surface area contributed by atoms with Crippen LogP contribution in [0.2, 0.25) is 0 Å². The highest BCUT2D eigenvalue weighted by Crippen LogP contribution is 2.42. The normalized spacial score (nSPS) is 18.9. The van der Waals surface area contributed by atoms with Gasteiger partial charge in [-0.15, -0.1) is 11.3 Å². The van der Waals surface area contributed by atoms with Gasteiger partial charge in [0.1, 0.15) is 10.8 Å². The van der Waals surface area contributed by atoms with Crippen molar-refractivity contribution in [2.75, 3.05) is 6.54 Å². The van der Waals surface area contributed by atoms with E-state index in [-0.39, 0.29) is 10.8 Å². The zero-order valence-electron chi connectivity index (χ0n) is 16.9. The molecule has 1 unspecified atom stereocenters. The van der Waals surface area contributed by atoms with Crippen LogP contribution in [0.5, 0.6) is 5.75 Å². The molecular formula is C22H32N2OS. The van der Waals surface area contributed by atoms with E-state index in [1.165, 1.54) is 24.3 Å². The summed E-state index contributed by atoms with van der Waals surface area (Å²) in [5, 5.41) is 17.8. The zero-order valence-corrected chi connectivity index (χ0v) is 17.8. The van der Waals surface area contributed by atoms with Crippen molar-refractivity contribution < 1.29 is 5.11 Å². The lowest BCUT2D eigenvalue weighted by molar-refractivity contribution is 0.411. The van der Waals surface area contributed by atoms with Gasteiger partial charge in [-0.25, -0.2) is 4.98 Å². The smallest absolute Gasteiger partial charge is 0.123 e. The van der Waals surface area contributed by atoms with Gasteiger partial charge in [-0.2, -0.15) is 0 Å². The fourth-order valence-corrected chi connectivity index (χ4v) is 4.51. The molecule has 0 radical (unpaired) electrons. The van der Waals surface area contributed by atoms with Crippen LogP contribution < -0.4 is 5.32 Å². The molecule has 2 heterocycles. The topological polar surface area (TPSA) is 45.2 Å². The van der Waals surface area contributed by atoms with Crippen LogP contribution in [0.1, 0.15) is 83.0 Å². The zero-order chi connectivity index (χ0) is 19.1. The number of nitrogens with zero attached hydrogens (tertiary/aromatic N) is 1. The number of hydrogen-bond donors (Lipinski definition) is 2. The maximum Gasteiger partial charge on any atom is 0.123 e. The van der Waals surface area contributed by atoms with Crippen LogP contribution in [0.4, 0.5) is 0 Å². The summed E-state index contributed by atoms with van der Waals surface area (Å²) in [6, 6.07) is 4.64. The average molecular weight is 373 g/mol. The summed E-state index contributed by atoms with van der Waals surface area (Å²) in [5.74, 6) is 0.429. The van der Waals surface area contributed by atoms with Gasteiger partial charge in [0.2, 0.25) is 0 Å². The van der Waals surface area contributed by atoms with Crippen molar-refractivity contribution in [3.8, 4) is 17.0 Å². The number of thiazole rings is 1. The third-order valence-corrected chi connectivity index (χ3v) is 6.11. The van der Waals surface area contributed by atoms with Crippen LogP contribution in [0, 0.1) is 0 Å². The van der Waals surface area contributed by atoms with Crippen LogP contribution in [0.3, 0.4) is 0 Å². The quantitative estimate of drug-likeness (QED) is 0.687. The second-order valence-corrected chi connectivity index (χ2v) is 10.4. The Hall–Kier alpha value is -1.39. The van der Waals surface area contributed by atoms with Gasteiger partial charge in [-0.1, -0.05) is 48.0 Å². The van der Waals surface area contributed by atoms with Crippen molar-refractivity contribution in [3.05, 3.63) is 33.6 Å². The summed E-state index contributed by atoms with van der Waals surface area (Å²) < 4.78 is 0. The minimum absolute atomic E-state index is 0.121. The Morgan fingerprint density at radius 1 is 1.04 bits per heavy atom. The number of nitrogens with one attached hydrogen (secondary N) is 1. The Morgan fingerprint density at radius 3 is 2.15 bits per heavy atom. The Labute approximate surface area is 161 Å². The van der Waals surface area contributed by atoms with E-state index >= 15 is 0 Å². The molecule has 3 rings (SSSR count). The number of rotatable bonds is 2. The molecule has 1 saturated heterocycles. The van der Waals surface area contributed by atoms with Gasteiger partial charge in [0.15, 0.2) is 0 Å². The van der Waals surface area contributed by atoms with Crippen LogP contribution in [-0.4, -0.2) is 16.6 Å². The molecule has 0 aliphatic carbocycles. The lowest BCUT2D eigenvalue weighted by Crippen LogP contribution is -2.26. The summed E-state index contributed by atoms with van der Waals surface area (Å²) >= 11 is 1.75. The first kappa shape index (κ1) is 19.4. The van der Waals surface area contributed by atoms with E-state index < -0.39 is 0 Å². The molecule has 0 bridgehead atoms. The van der Waals surface area contributed by atoms with Crippen LogP contribution in [0.25, 0.3) is 11.3 Å². The van der Waals surface area contributed by atoms with Crippen molar-refractivity contribution in [3.63, 3.8) is 0 Å². The summed E-state index contributed by atoms with van der Waals surface area (Å²) in [4.78, 5) is 4.95. The molecule has 0 spiro atoms. The van der Waals surface area contributed by atoms with Crippen molar-refractivity contribution in [1.29, 1.82) is 0 Å². The lowest BCUT2D eigenvalue weighted by Gasteiger charge is -2.28. The van der Waals surface area contributed by atoms with E-state index in [4.69, 9.17) is 4.98 Å². The van der Waals surface area contributed by atoms with E-state index in [2.05, 4.69) is 64.4 Å². The minimum Gasteiger partial charge on any atom is -0.507 e. The highest BCUT2D eigenvalue weighted by molar-refractivity contribution is 7.10. The molecule has 1 fully saturated rings. The fraction of sp³-hybridized carbons (Fsp3) is 0.591. The Bertz CT molecular complexity index is 739. The second-order valence-electron chi connectivity index (χ2n) is 9.49. The second kappa shape index (κ2) is 6.97. The average Bonchev–Trinajstić information content (AvgIpc) is 3.03. The van der Waals surface area contributed by atoms with Gasteiger partial charge >= 0.3 is 0 Å². The molecule has 26 heavy (non-hydrogen) atoms. The summed E-state index contributed by atoms with van der Waals surface area (Å²) in [7, 11) is 0. The van der Waals surface area contributed by atoms with Gasteiger partial charge < -0.3 is 10.4 Å². The molecule has 4 heteroatoms. The lowest BCUT2D eigenvalue weighted by atomic mass is 9.78. The SMILES string of the molecule is CC(C)(C)c1cc(-c2csc(C3CCCCN3)n2)cc(C(C)(C)C)c1O. The number of phenols is 1. The molecule has 142 valence electrons. The highest BCUT2D eigenvalue weighted by Gasteiger charge is 2.27. The third kappa shape index (κ3) is 3.96. The maximum atomic E-state index is 10.9. The maximum absolute atomic E-state index is 10.9. The van der Waals surface area contributed by atoms with E-state index in [0.29, 0.717) is 11.8 Å². The number of aromatic nitrogens is 1. The van der Waals surface area contributed by atoms with Crippen LogP contribution in [-0.2, 0) is 10.8 Å². The predicted octanol–water partition coefficient (Wildman–Crippen LogP) is 5.93. The van der Waals surface area contributed by atoms with Crippen LogP contribution in [0.15, 0.2) is 17.5 Å². The molecule has 1 aromatic heterocycles. The van der Waals surface area contributed by atoms with Gasteiger partial charge in [-0.05, 0) is 42.3 Å². The molecule has 2 aromatic rings. The molecule has 1 aliphatic heterocycles. The highest BCUT2D eigenvalue weighted by atomic mass is 32.1. The first-order valence-corrected chi connectivity index (χ1v) is 10.5. The van der Waals surface area contributed by atoms with Crippen molar-refractivity contribution in [2.45, 2.75) is 77.7 Å². The minimum atomic E-state index is -0.121. The number of aromatic hydroxyl groups is 1. The molecule has 0 saturated carbocycles. The monoisotopic (exact) mass is 372 g/mol. The largest absolute Gasteiger partial charge is 0.507 e. The molecule has 0 amide bonds. The summed E-state index contributed by atoms with van der Waals surface area (Å²) in [6.07, 6.45) is 3.70. The van der Waals surface area contributed by atoms with Gasteiger partial charge in [-0.3, -0.25) is 0 Å². The van der Waals surface area contributed by atoms with Crippen molar-refractivity contribution in [1.82, 2.24) is 10.3 Å². The van der Waals surface area contributed by atoms with Gasteiger partial charge in [0.25, 0.3) is 0 Å². The Balaban J connectivity index is 2.06. The van der Waals surface area contributed by atoms with E-state index in [1.54, 1.807) is 11.3 Å². The number of benzene rings is 1. The predicted molar refractivity (Wildman–Crippen MR) is 111 cm³/mol. The molecule has 3 nitrogen and oxygen atoms in total. The summed E-state index contributed by atoms with van der Waals surface area (Å²) in [6.45, 7) is 14.0. The molecular weight excluding hydrogens is 340 g/mol. The van der Waals surface area contributed by atoms with E-state index in [9.17, 15) is 5.11 Å². The van der Waals surface area contributed by atoms with Gasteiger partial charge in [0, 0.05) is 22.1 Å². The molecule has 1 atom stereocenters. The first-order valence-electron chi connectivity index (χ1n) is 9.64. The Morgan fingerprint density at radius 2 is 1.65 bits per heavy atom. The number of hydrogen-bond acceptors (Lipinski definition) is 4. The van der Waals surface area contributed by atoms with Gasteiger partial charge in [0.05, 0.1) is 11.7 Å². The Kier molecular flexibility index (Phi) is 5.19. The molecule has 2 N–H and O–H groups in total.